The van der Waals surface area contributed by atoms with Crippen LogP contribution in [-0.4, -0.2) is 46.2 Å². The average Bonchev–Trinajstić information content (AvgIpc) is 2.70. The molecule has 1 aromatic rings. The van der Waals surface area contributed by atoms with Crippen molar-refractivity contribution in [1.82, 2.24) is 20.1 Å². The van der Waals surface area contributed by atoms with Crippen LogP contribution < -0.4 is 5.32 Å². The molecule has 86 valence electrons. The molecule has 1 heterocycles. The van der Waals surface area contributed by atoms with Crippen LogP contribution in [0.1, 0.15) is 12.7 Å². The Hall–Kier alpha value is -0.980. The third-order valence-electron chi connectivity index (χ3n) is 1.94. The van der Waals surface area contributed by atoms with E-state index in [9.17, 15) is 0 Å². The molecule has 0 saturated heterocycles. The van der Waals surface area contributed by atoms with Crippen LogP contribution in [-0.2, 0) is 17.8 Å². The van der Waals surface area contributed by atoms with Crippen LogP contribution in [0.4, 0.5) is 0 Å². The van der Waals surface area contributed by atoms with Gasteiger partial charge in [-0.25, -0.2) is 9.67 Å². The van der Waals surface area contributed by atoms with E-state index in [2.05, 4.69) is 15.4 Å². The van der Waals surface area contributed by atoms with Crippen LogP contribution >= 0.6 is 0 Å². The maximum Gasteiger partial charge on any atom is 0.140 e. The standard InChI is InChI=1S/C9H18N4O2/c1-2-13-9(11-8-12-13)7-10-3-5-15-6-4-14/h8,10,14H,2-7H2,1H3. The Balaban J connectivity index is 2.09. The van der Waals surface area contributed by atoms with E-state index < -0.39 is 0 Å². The van der Waals surface area contributed by atoms with Gasteiger partial charge in [0.1, 0.15) is 12.2 Å². The Morgan fingerprint density at radius 3 is 3.13 bits per heavy atom. The summed E-state index contributed by atoms with van der Waals surface area (Å²) in [5.74, 6) is 0.930. The number of ether oxygens (including phenoxy) is 1. The molecule has 0 fully saturated rings. The van der Waals surface area contributed by atoms with E-state index in [0.717, 1.165) is 18.9 Å². The van der Waals surface area contributed by atoms with Gasteiger partial charge in [0.2, 0.25) is 0 Å². The summed E-state index contributed by atoms with van der Waals surface area (Å²) in [5.41, 5.74) is 0. The van der Waals surface area contributed by atoms with Gasteiger partial charge in [-0.1, -0.05) is 0 Å². The van der Waals surface area contributed by atoms with Crippen molar-refractivity contribution in [2.24, 2.45) is 0 Å². The molecule has 0 saturated carbocycles. The van der Waals surface area contributed by atoms with Crippen molar-refractivity contribution < 1.29 is 9.84 Å². The van der Waals surface area contributed by atoms with Gasteiger partial charge in [-0.3, -0.25) is 0 Å². The van der Waals surface area contributed by atoms with Crippen LogP contribution in [0.3, 0.4) is 0 Å². The van der Waals surface area contributed by atoms with E-state index in [4.69, 9.17) is 9.84 Å². The number of aromatic nitrogens is 3. The van der Waals surface area contributed by atoms with Gasteiger partial charge in [-0.15, -0.1) is 0 Å². The summed E-state index contributed by atoms with van der Waals surface area (Å²) in [4.78, 5) is 4.13. The number of rotatable bonds is 8. The predicted molar refractivity (Wildman–Crippen MR) is 55.3 cm³/mol. The fraction of sp³-hybridized carbons (Fsp3) is 0.778. The van der Waals surface area contributed by atoms with Gasteiger partial charge >= 0.3 is 0 Å². The van der Waals surface area contributed by atoms with Crippen LogP contribution in [0.2, 0.25) is 0 Å². The fourth-order valence-corrected chi connectivity index (χ4v) is 1.20. The molecule has 0 aliphatic carbocycles. The quantitative estimate of drug-likeness (QED) is 0.565. The molecule has 6 heteroatoms. The minimum atomic E-state index is 0.0736. The average molecular weight is 214 g/mol. The number of hydrogen-bond acceptors (Lipinski definition) is 5. The smallest absolute Gasteiger partial charge is 0.140 e. The first-order valence-corrected chi connectivity index (χ1v) is 5.14. The van der Waals surface area contributed by atoms with Gasteiger partial charge in [-0.2, -0.15) is 5.10 Å². The van der Waals surface area contributed by atoms with E-state index in [1.54, 1.807) is 6.33 Å². The summed E-state index contributed by atoms with van der Waals surface area (Å²) in [6.45, 7) is 5.37. The second kappa shape index (κ2) is 7.33. The lowest BCUT2D eigenvalue weighted by Gasteiger charge is -2.05. The molecular weight excluding hydrogens is 196 g/mol. The molecule has 1 aromatic heterocycles. The van der Waals surface area contributed by atoms with Crippen molar-refractivity contribution in [3.05, 3.63) is 12.2 Å². The molecule has 0 atom stereocenters. The lowest BCUT2D eigenvalue weighted by molar-refractivity contribution is 0.0937. The Morgan fingerprint density at radius 1 is 1.53 bits per heavy atom. The van der Waals surface area contributed by atoms with Crippen molar-refractivity contribution in [2.45, 2.75) is 20.0 Å². The first kappa shape index (κ1) is 12.1. The van der Waals surface area contributed by atoms with Gasteiger partial charge in [0, 0.05) is 13.1 Å². The zero-order valence-electron chi connectivity index (χ0n) is 9.02. The first-order valence-electron chi connectivity index (χ1n) is 5.14. The number of hydrogen-bond donors (Lipinski definition) is 2. The van der Waals surface area contributed by atoms with Crippen LogP contribution in [0.15, 0.2) is 6.33 Å². The van der Waals surface area contributed by atoms with Crippen molar-refractivity contribution in [3.8, 4) is 0 Å². The topological polar surface area (TPSA) is 72.2 Å². The Kier molecular flexibility index (Phi) is 5.91. The molecular formula is C9H18N4O2. The first-order chi connectivity index (χ1) is 7.38. The highest BCUT2D eigenvalue weighted by Gasteiger charge is 2.00. The Bertz CT molecular complexity index is 264. The summed E-state index contributed by atoms with van der Waals surface area (Å²) >= 11 is 0. The van der Waals surface area contributed by atoms with Crippen molar-refractivity contribution in [3.63, 3.8) is 0 Å². The summed E-state index contributed by atoms with van der Waals surface area (Å²) in [6, 6.07) is 0. The van der Waals surface area contributed by atoms with Crippen molar-refractivity contribution >= 4 is 0 Å². The predicted octanol–water partition coefficient (Wildman–Crippen LogP) is -0.603. The van der Waals surface area contributed by atoms with Gasteiger partial charge in [0.15, 0.2) is 0 Å². The van der Waals surface area contributed by atoms with E-state index in [1.165, 1.54) is 0 Å². The molecule has 0 bridgehead atoms. The summed E-state index contributed by atoms with van der Waals surface area (Å²) in [7, 11) is 0. The fourth-order valence-electron chi connectivity index (χ4n) is 1.20. The highest BCUT2D eigenvalue weighted by atomic mass is 16.5. The minimum absolute atomic E-state index is 0.0736. The maximum absolute atomic E-state index is 8.47. The van der Waals surface area contributed by atoms with Crippen molar-refractivity contribution in [2.75, 3.05) is 26.4 Å². The molecule has 0 aliphatic rings. The normalized spacial score (nSPS) is 10.8. The monoisotopic (exact) mass is 214 g/mol. The van der Waals surface area contributed by atoms with Gasteiger partial charge in [0.05, 0.1) is 26.4 Å². The highest BCUT2D eigenvalue weighted by Crippen LogP contribution is 1.92. The van der Waals surface area contributed by atoms with E-state index in [-0.39, 0.29) is 6.61 Å². The zero-order valence-corrected chi connectivity index (χ0v) is 9.02. The maximum atomic E-state index is 8.47. The molecule has 0 aliphatic heterocycles. The molecule has 0 radical (unpaired) electrons. The third-order valence-corrected chi connectivity index (χ3v) is 1.94. The van der Waals surface area contributed by atoms with Gasteiger partial charge in [-0.05, 0) is 6.92 Å². The van der Waals surface area contributed by atoms with E-state index >= 15 is 0 Å². The van der Waals surface area contributed by atoms with E-state index in [1.807, 2.05) is 11.6 Å². The molecule has 0 aromatic carbocycles. The highest BCUT2D eigenvalue weighted by molar-refractivity contribution is 4.83. The SMILES string of the molecule is CCn1ncnc1CNCCOCCO. The molecule has 15 heavy (non-hydrogen) atoms. The molecule has 2 N–H and O–H groups in total. The Morgan fingerprint density at radius 2 is 2.40 bits per heavy atom. The number of aliphatic hydroxyl groups is 1. The zero-order chi connectivity index (χ0) is 10.9. The van der Waals surface area contributed by atoms with Gasteiger partial charge in [0.25, 0.3) is 0 Å². The largest absolute Gasteiger partial charge is 0.394 e. The third kappa shape index (κ3) is 4.37. The molecule has 0 unspecified atom stereocenters. The summed E-state index contributed by atoms with van der Waals surface area (Å²) in [6.07, 6.45) is 1.56. The van der Waals surface area contributed by atoms with Crippen LogP contribution in [0.5, 0.6) is 0 Å². The summed E-state index contributed by atoms with van der Waals surface area (Å²) in [5, 5.41) is 15.7. The second-order valence-electron chi connectivity index (χ2n) is 3.00. The number of aryl methyl sites for hydroxylation is 1. The lowest BCUT2D eigenvalue weighted by Crippen LogP contribution is -2.22. The van der Waals surface area contributed by atoms with Crippen molar-refractivity contribution in [1.29, 1.82) is 0 Å². The number of nitrogens with one attached hydrogen (secondary N) is 1. The molecule has 1 rings (SSSR count). The Labute approximate surface area is 89.3 Å². The number of nitrogens with zero attached hydrogens (tertiary/aromatic N) is 3. The van der Waals surface area contributed by atoms with Crippen LogP contribution in [0.25, 0.3) is 0 Å². The molecule has 0 amide bonds. The second-order valence-corrected chi connectivity index (χ2v) is 3.00. The molecule has 0 spiro atoms. The summed E-state index contributed by atoms with van der Waals surface area (Å²) < 4.78 is 6.95. The lowest BCUT2D eigenvalue weighted by atomic mass is 10.5. The van der Waals surface area contributed by atoms with Crippen LogP contribution in [0, 0.1) is 0 Å². The van der Waals surface area contributed by atoms with Gasteiger partial charge < -0.3 is 15.2 Å². The minimum Gasteiger partial charge on any atom is -0.394 e. The van der Waals surface area contributed by atoms with E-state index in [0.29, 0.717) is 19.8 Å². The number of aliphatic hydroxyl groups excluding tert-OH is 1. The molecule has 6 nitrogen and oxygen atoms in total.